The van der Waals surface area contributed by atoms with E-state index in [1.165, 1.54) is 27.8 Å². The maximum atomic E-state index is 4.19. The number of rotatable bonds is 1. The van der Waals surface area contributed by atoms with Crippen molar-refractivity contribution in [1.29, 1.82) is 0 Å². The Bertz CT molecular complexity index is 705. The molecule has 1 aromatic carbocycles. The number of pyridine rings is 1. The molecule has 0 aliphatic rings. The van der Waals surface area contributed by atoms with Gasteiger partial charge < -0.3 is 0 Å². The first-order valence-corrected chi connectivity index (χ1v) is 8.92. The van der Waals surface area contributed by atoms with E-state index in [4.69, 9.17) is 0 Å². The van der Waals surface area contributed by atoms with Gasteiger partial charge in [0.1, 0.15) is 0 Å². The molecule has 0 amide bonds. The van der Waals surface area contributed by atoms with Crippen molar-refractivity contribution in [2.24, 2.45) is 0 Å². The monoisotopic (exact) mass is 323 g/mol. The van der Waals surface area contributed by atoms with Gasteiger partial charge in [-0.05, 0) is 56.2 Å². The Morgan fingerprint density at radius 1 is 0.583 bits per heavy atom. The molecule has 24 heavy (non-hydrogen) atoms. The molecule has 1 aromatic heterocycles. The fourth-order valence-corrected chi connectivity index (χ4v) is 3.56. The summed E-state index contributed by atoms with van der Waals surface area (Å²) >= 11 is 0. The smallest absolute Gasteiger partial charge is 0.0273 e. The van der Waals surface area contributed by atoms with E-state index in [2.05, 4.69) is 91.6 Å². The first-order chi connectivity index (χ1) is 10.8. The number of hydrogen-bond donors (Lipinski definition) is 0. The average Bonchev–Trinajstić information content (AvgIpc) is 2.44. The Morgan fingerprint density at radius 2 is 1.08 bits per heavy atom. The highest BCUT2D eigenvalue weighted by Crippen LogP contribution is 2.45. The largest absolute Gasteiger partial charge is 0.265 e. The van der Waals surface area contributed by atoms with Crippen molar-refractivity contribution in [3.8, 4) is 11.1 Å². The Balaban J connectivity index is 2.96. The van der Waals surface area contributed by atoms with Gasteiger partial charge in [-0.3, -0.25) is 4.98 Å². The lowest BCUT2D eigenvalue weighted by Gasteiger charge is -2.38. The van der Waals surface area contributed by atoms with Gasteiger partial charge >= 0.3 is 0 Å². The highest BCUT2D eigenvalue weighted by atomic mass is 14.6. The van der Waals surface area contributed by atoms with Gasteiger partial charge in [-0.1, -0.05) is 74.4 Å². The molecule has 1 heteroatoms. The highest BCUT2D eigenvalue weighted by Gasteiger charge is 2.33. The summed E-state index contributed by atoms with van der Waals surface area (Å²) in [5, 5.41) is 0. The quantitative estimate of drug-likeness (QED) is 0.573. The van der Waals surface area contributed by atoms with Crippen molar-refractivity contribution in [2.75, 3.05) is 0 Å². The third kappa shape index (κ3) is 3.71. The second kappa shape index (κ2) is 6.02. The topological polar surface area (TPSA) is 12.9 Å². The molecule has 0 spiro atoms. The molecule has 0 saturated carbocycles. The van der Waals surface area contributed by atoms with Crippen molar-refractivity contribution in [3.63, 3.8) is 0 Å². The van der Waals surface area contributed by atoms with E-state index < -0.39 is 0 Å². The summed E-state index contributed by atoms with van der Waals surface area (Å²) in [6.45, 7) is 20.9. The summed E-state index contributed by atoms with van der Waals surface area (Å²) in [5.41, 5.74) is 7.29. The number of nitrogens with zero attached hydrogens (tertiary/aromatic N) is 1. The van der Waals surface area contributed by atoms with Crippen LogP contribution in [0.15, 0.2) is 36.7 Å². The zero-order valence-corrected chi connectivity index (χ0v) is 16.9. The van der Waals surface area contributed by atoms with Gasteiger partial charge in [0.25, 0.3) is 0 Å². The molecular weight excluding hydrogens is 290 g/mol. The van der Waals surface area contributed by atoms with Crippen LogP contribution < -0.4 is 0 Å². The SMILES string of the molecule is CC(C)(C)c1ccc(-c2ccncc2)c(C(C)(C)C)c1C(C)(C)C. The van der Waals surface area contributed by atoms with Crippen LogP contribution in [0.1, 0.15) is 79.0 Å². The van der Waals surface area contributed by atoms with Crippen LogP contribution in [0.4, 0.5) is 0 Å². The maximum Gasteiger partial charge on any atom is 0.0273 e. The van der Waals surface area contributed by atoms with Crippen molar-refractivity contribution >= 4 is 0 Å². The first kappa shape index (κ1) is 18.7. The van der Waals surface area contributed by atoms with Crippen molar-refractivity contribution in [1.82, 2.24) is 4.98 Å². The standard InChI is InChI=1S/C23H33N/c1-21(2,3)18-11-10-17(16-12-14-24-15-13-16)19(22(4,5)6)20(18)23(7,8)9/h10-15H,1-9H3. The number of hydrogen-bond acceptors (Lipinski definition) is 1. The van der Waals surface area contributed by atoms with E-state index in [-0.39, 0.29) is 16.2 Å². The van der Waals surface area contributed by atoms with Crippen molar-refractivity contribution < 1.29 is 0 Å². The summed E-state index contributed by atoms with van der Waals surface area (Å²) in [6, 6.07) is 8.89. The Kier molecular flexibility index (Phi) is 4.69. The summed E-state index contributed by atoms with van der Waals surface area (Å²) in [5.74, 6) is 0. The van der Waals surface area contributed by atoms with Gasteiger partial charge in [-0.2, -0.15) is 0 Å². The predicted octanol–water partition coefficient (Wildman–Crippen LogP) is 6.64. The Morgan fingerprint density at radius 3 is 1.50 bits per heavy atom. The van der Waals surface area contributed by atoms with Gasteiger partial charge in [-0.15, -0.1) is 0 Å². The van der Waals surface area contributed by atoms with Crippen molar-refractivity contribution in [3.05, 3.63) is 53.3 Å². The fraction of sp³-hybridized carbons (Fsp3) is 0.522. The highest BCUT2D eigenvalue weighted by molar-refractivity contribution is 5.72. The summed E-state index contributed by atoms with van der Waals surface area (Å²) < 4.78 is 0. The molecule has 2 rings (SSSR count). The van der Waals surface area contributed by atoms with Crippen LogP contribution in [0, 0.1) is 0 Å². The van der Waals surface area contributed by atoms with E-state index in [0.717, 1.165) is 0 Å². The van der Waals surface area contributed by atoms with E-state index in [1.807, 2.05) is 12.4 Å². The van der Waals surface area contributed by atoms with Crippen LogP contribution in [0.5, 0.6) is 0 Å². The van der Waals surface area contributed by atoms with Gasteiger partial charge in [0.2, 0.25) is 0 Å². The molecule has 1 nitrogen and oxygen atoms in total. The second-order valence-electron chi connectivity index (χ2n) is 9.90. The Labute approximate surface area is 148 Å². The van der Waals surface area contributed by atoms with Crippen LogP contribution in [-0.2, 0) is 16.2 Å². The lowest BCUT2D eigenvalue weighted by Crippen LogP contribution is -2.28. The predicted molar refractivity (Wildman–Crippen MR) is 106 cm³/mol. The summed E-state index contributed by atoms with van der Waals surface area (Å²) in [4.78, 5) is 4.19. The number of aromatic nitrogens is 1. The zero-order valence-electron chi connectivity index (χ0n) is 16.9. The lowest BCUT2D eigenvalue weighted by atomic mass is 9.67. The second-order valence-corrected chi connectivity index (χ2v) is 9.90. The zero-order chi connectivity index (χ0) is 18.3. The molecule has 0 aliphatic heterocycles. The van der Waals surface area contributed by atoms with Crippen LogP contribution in [-0.4, -0.2) is 4.98 Å². The third-order valence-electron chi connectivity index (χ3n) is 4.50. The summed E-state index contributed by atoms with van der Waals surface area (Å²) in [7, 11) is 0. The molecule has 0 aliphatic carbocycles. The van der Waals surface area contributed by atoms with E-state index in [9.17, 15) is 0 Å². The minimum absolute atomic E-state index is 0.0719. The molecule has 0 saturated heterocycles. The van der Waals surface area contributed by atoms with Crippen LogP contribution in [0.25, 0.3) is 11.1 Å². The molecule has 0 N–H and O–H groups in total. The minimum Gasteiger partial charge on any atom is -0.265 e. The minimum atomic E-state index is 0.0719. The van der Waals surface area contributed by atoms with E-state index >= 15 is 0 Å². The van der Waals surface area contributed by atoms with Crippen LogP contribution in [0.3, 0.4) is 0 Å². The molecule has 0 atom stereocenters. The molecular formula is C23H33N. The third-order valence-corrected chi connectivity index (χ3v) is 4.50. The molecule has 130 valence electrons. The number of benzene rings is 1. The Hall–Kier alpha value is -1.63. The van der Waals surface area contributed by atoms with E-state index in [0.29, 0.717) is 0 Å². The van der Waals surface area contributed by atoms with Crippen LogP contribution >= 0.6 is 0 Å². The lowest BCUT2D eigenvalue weighted by molar-refractivity contribution is 0.499. The normalized spacial score (nSPS) is 13.2. The van der Waals surface area contributed by atoms with E-state index in [1.54, 1.807) is 0 Å². The average molecular weight is 324 g/mol. The molecule has 0 radical (unpaired) electrons. The van der Waals surface area contributed by atoms with Crippen molar-refractivity contribution in [2.45, 2.75) is 78.6 Å². The van der Waals surface area contributed by atoms with Gasteiger partial charge in [0.05, 0.1) is 0 Å². The maximum absolute atomic E-state index is 4.19. The van der Waals surface area contributed by atoms with Crippen LogP contribution in [0.2, 0.25) is 0 Å². The van der Waals surface area contributed by atoms with Gasteiger partial charge in [-0.25, -0.2) is 0 Å². The molecule has 1 heterocycles. The fourth-order valence-electron chi connectivity index (χ4n) is 3.56. The first-order valence-electron chi connectivity index (χ1n) is 8.92. The van der Waals surface area contributed by atoms with Gasteiger partial charge in [0, 0.05) is 12.4 Å². The van der Waals surface area contributed by atoms with Gasteiger partial charge in [0.15, 0.2) is 0 Å². The summed E-state index contributed by atoms with van der Waals surface area (Å²) in [6.07, 6.45) is 3.77. The molecule has 0 fully saturated rings. The molecule has 0 unspecified atom stereocenters. The molecule has 0 bridgehead atoms. The molecule has 2 aromatic rings.